The quantitative estimate of drug-likeness (QED) is 0.370. The Kier molecular flexibility index (Phi) is 5.46. The zero-order chi connectivity index (χ0) is 20.4. The molecule has 0 fully saturated rings. The van der Waals surface area contributed by atoms with Crippen molar-refractivity contribution in [2.45, 2.75) is 12.6 Å². The molecule has 3 heterocycles. The average molecular weight is 457 g/mol. The molecule has 29 heavy (non-hydrogen) atoms. The van der Waals surface area contributed by atoms with Gasteiger partial charge in [0.1, 0.15) is 23.3 Å². The Morgan fingerprint density at radius 2 is 2.00 bits per heavy atom. The van der Waals surface area contributed by atoms with Gasteiger partial charge < -0.3 is 20.1 Å². The standard InChI is InChI=1S/C21H18BrFN4O2/c1-29-14-4-2-12(3-5-14)9-24-18-7-6-15(20(23)27-18)19(28)17-11-26-21-16(17)8-13(22)10-25-21/h2-8,10-11,19,28H,9H2,1H3,(H,24,27)(H,25,26). The Morgan fingerprint density at radius 1 is 1.21 bits per heavy atom. The fourth-order valence-electron chi connectivity index (χ4n) is 3.08. The summed E-state index contributed by atoms with van der Waals surface area (Å²) in [5.74, 6) is 0.433. The molecule has 148 valence electrons. The summed E-state index contributed by atoms with van der Waals surface area (Å²) in [7, 11) is 1.61. The highest BCUT2D eigenvalue weighted by atomic mass is 79.9. The molecule has 8 heteroatoms. The van der Waals surface area contributed by atoms with Gasteiger partial charge in [0.15, 0.2) is 0 Å². The maximum absolute atomic E-state index is 14.6. The summed E-state index contributed by atoms with van der Waals surface area (Å²) >= 11 is 3.37. The van der Waals surface area contributed by atoms with E-state index in [0.717, 1.165) is 15.8 Å². The fraction of sp³-hybridized carbons (Fsp3) is 0.143. The Balaban J connectivity index is 1.52. The molecule has 3 N–H and O–H groups in total. The summed E-state index contributed by atoms with van der Waals surface area (Å²) in [5, 5.41) is 14.5. The third-order valence-electron chi connectivity index (χ3n) is 4.63. The number of hydrogen-bond donors (Lipinski definition) is 3. The predicted molar refractivity (Wildman–Crippen MR) is 112 cm³/mol. The third kappa shape index (κ3) is 4.08. The van der Waals surface area contributed by atoms with Crippen LogP contribution in [0.3, 0.4) is 0 Å². The minimum Gasteiger partial charge on any atom is -0.497 e. The number of aliphatic hydroxyl groups excluding tert-OH is 1. The average Bonchev–Trinajstić information content (AvgIpc) is 3.15. The molecule has 4 aromatic rings. The van der Waals surface area contributed by atoms with Gasteiger partial charge in [-0.2, -0.15) is 4.39 Å². The van der Waals surface area contributed by atoms with Crippen LogP contribution in [0.4, 0.5) is 10.2 Å². The number of aromatic nitrogens is 3. The Bertz CT molecular complexity index is 1150. The van der Waals surface area contributed by atoms with Crippen LogP contribution in [-0.4, -0.2) is 27.2 Å². The largest absolute Gasteiger partial charge is 0.497 e. The number of fused-ring (bicyclic) bond motifs is 1. The molecule has 0 saturated carbocycles. The molecule has 0 amide bonds. The molecule has 0 saturated heterocycles. The lowest BCUT2D eigenvalue weighted by Crippen LogP contribution is -2.07. The predicted octanol–water partition coefficient (Wildman–Crippen LogP) is 4.56. The highest BCUT2D eigenvalue weighted by Crippen LogP contribution is 2.31. The van der Waals surface area contributed by atoms with E-state index in [1.54, 1.807) is 25.6 Å². The number of benzene rings is 1. The number of rotatable bonds is 6. The van der Waals surface area contributed by atoms with Crippen molar-refractivity contribution in [2.75, 3.05) is 12.4 Å². The molecule has 0 spiro atoms. The first-order valence-electron chi connectivity index (χ1n) is 8.89. The van der Waals surface area contributed by atoms with E-state index in [0.29, 0.717) is 29.0 Å². The van der Waals surface area contributed by atoms with Crippen LogP contribution in [-0.2, 0) is 6.54 Å². The van der Waals surface area contributed by atoms with E-state index in [1.807, 2.05) is 30.3 Å². The van der Waals surface area contributed by atoms with Gasteiger partial charge in [-0.25, -0.2) is 9.97 Å². The number of H-pyrrole nitrogens is 1. The second kappa shape index (κ2) is 8.18. The number of halogens is 2. The first kappa shape index (κ1) is 19.4. The van der Waals surface area contributed by atoms with Crippen molar-refractivity contribution in [3.05, 3.63) is 82.0 Å². The van der Waals surface area contributed by atoms with Gasteiger partial charge in [0.25, 0.3) is 0 Å². The number of methoxy groups -OCH3 is 1. The van der Waals surface area contributed by atoms with Crippen molar-refractivity contribution in [1.29, 1.82) is 0 Å². The third-order valence-corrected chi connectivity index (χ3v) is 5.06. The van der Waals surface area contributed by atoms with Crippen LogP contribution in [0.2, 0.25) is 0 Å². The van der Waals surface area contributed by atoms with E-state index < -0.39 is 12.1 Å². The molecule has 0 aliphatic rings. The van der Waals surface area contributed by atoms with Gasteiger partial charge in [0.2, 0.25) is 5.95 Å². The molecular formula is C21H18BrFN4O2. The van der Waals surface area contributed by atoms with Crippen molar-refractivity contribution in [3.63, 3.8) is 0 Å². The summed E-state index contributed by atoms with van der Waals surface area (Å²) < 4.78 is 20.5. The molecule has 6 nitrogen and oxygen atoms in total. The monoisotopic (exact) mass is 456 g/mol. The first-order valence-corrected chi connectivity index (χ1v) is 9.68. The van der Waals surface area contributed by atoms with Crippen LogP contribution in [0.1, 0.15) is 22.8 Å². The first-order chi connectivity index (χ1) is 14.0. The van der Waals surface area contributed by atoms with Gasteiger partial charge in [-0.1, -0.05) is 12.1 Å². The molecule has 0 radical (unpaired) electrons. The van der Waals surface area contributed by atoms with Crippen LogP contribution in [0.5, 0.6) is 5.75 Å². The topological polar surface area (TPSA) is 83.1 Å². The van der Waals surface area contributed by atoms with Crippen LogP contribution < -0.4 is 10.1 Å². The summed E-state index contributed by atoms with van der Waals surface area (Å²) in [6.45, 7) is 0.487. The molecule has 1 unspecified atom stereocenters. The number of nitrogens with one attached hydrogen (secondary N) is 2. The molecule has 1 atom stereocenters. The molecule has 0 aliphatic heterocycles. The molecule has 3 aromatic heterocycles. The Hall–Kier alpha value is -2.97. The maximum Gasteiger partial charge on any atom is 0.220 e. The maximum atomic E-state index is 14.6. The van der Waals surface area contributed by atoms with Crippen molar-refractivity contribution in [2.24, 2.45) is 0 Å². The number of pyridine rings is 2. The second-order valence-corrected chi connectivity index (χ2v) is 7.39. The van der Waals surface area contributed by atoms with Crippen molar-refractivity contribution < 1.29 is 14.2 Å². The molecular weight excluding hydrogens is 439 g/mol. The van der Waals surface area contributed by atoms with E-state index in [4.69, 9.17) is 4.74 Å². The number of aliphatic hydroxyl groups is 1. The molecule has 0 bridgehead atoms. The van der Waals surface area contributed by atoms with E-state index in [9.17, 15) is 9.50 Å². The van der Waals surface area contributed by atoms with Crippen LogP contribution in [0, 0.1) is 5.95 Å². The van der Waals surface area contributed by atoms with Gasteiger partial charge >= 0.3 is 0 Å². The highest BCUT2D eigenvalue weighted by molar-refractivity contribution is 9.10. The van der Waals surface area contributed by atoms with Crippen LogP contribution >= 0.6 is 15.9 Å². The zero-order valence-electron chi connectivity index (χ0n) is 15.5. The summed E-state index contributed by atoms with van der Waals surface area (Å²) in [6, 6.07) is 12.6. The van der Waals surface area contributed by atoms with Crippen molar-refractivity contribution in [3.8, 4) is 5.75 Å². The van der Waals surface area contributed by atoms with Gasteiger partial charge in [0, 0.05) is 39.9 Å². The Labute approximate surface area is 174 Å². The minimum absolute atomic E-state index is 0.0980. The lowest BCUT2D eigenvalue weighted by atomic mass is 10.0. The molecule has 4 rings (SSSR count). The number of hydrogen-bond acceptors (Lipinski definition) is 5. The number of ether oxygens (including phenoxy) is 1. The lowest BCUT2D eigenvalue weighted by molar-refractivity contribution is 0.215. The number of aromatic amines is 1. The van der Waals surface area contributed by atoms with Crippen molar-refractivity contribution in [1.82, 2.24) is 15.0 Å². The van der Waals surface area contributed by atoms with Gasteiger partial charge in [-0.3, -0.25) is 0 Å². The highest BCUT2D eigenvalue weighted by Gasteiger charge is 2.20. The van der Waals surface area contributed by atoms with Crippen LogP contribution in [0.15, 0.2) is 59.3 Å². The fourth-order valence-corrected chi connectivity index (χ4v) is 3.41. The lowest BCUT2D eigenvalue weighted by Gasteiger charge is -2.13. The normalized spacial score (nSPS) is 12.1. The SMILES string of the molecule is COc1ccc(CNc2ccc(C(O)c3c[nH]c4ncc(Br)cc34)c(F)n2)cc1. The zero-order valence-corrected chi connectivity index (χ0v) is 17.1. The number of anilines is 1. The van der Waals surface area contributed by atoms with Gasteiger partial charge in [-0.05, 0) is 51.8 Å². The summed E-state index contributed by atoms with van der Waals surface area (Å²) in [4.78, 5) is 11.2. The number of nitrogens with zero attached hydrogens (tertiary/aromatic N) is 2. The van der Waals surface area contributed by atoms with E-state index in [-0.39, 0.29) is 5.56 Å². The van der Waals surface area contributed by atoms with E-state index in [1.165, 1.54) is 6.07 Å². The van der Waals surface area contributed by atoms with Crippen molar-refractivity contribution >= 4 is 32.8 Å². The van der Waals surface area contributed by atoms with Gasteiger partial charge in [0.05, 0.1) is 7.11 Å². The second-order valence-electron chi connectivity index (χ2n) is 6.47. The van der Waals surface area contributed by atoms with Crippen LogP contribution in [0.25, 0.3) is 11.0 Å². The van der Waals surface area contributed by atoms with E-state index >= 15 is 0 Å². The summed E-state index contributed by atoms with van der Waals surface area (Å²) in [6.07, 6.45) is 2.12. The smallest absolute Gasteiger partial charge is 0.220 e. The molecule has 0 aliphatic carbocycles. The summed E-state index contributed by atoms with van der Waals surface area (Å²) in [5.41, 5.74) is 2.26. The molecule has 1 aromatic carbocycles. The minimum atomic E-state index is -1.16. The van der Waals surface area contributed by atoms with Gasteiger partial charge in [-0.15, -0.1) is 0 Å². The van der Waals surface area contributed by atoms with E-state index in [2.05, 4.69) is 36.2 Å². The Morgan fingerprint density at radius 3 is 2.72 bits per heavy atom.